The van der Waals surface area contributed by atoms with Crippen LogP contribution in [-0.4, -0.2) is 37.3 Å². The van der Waals surface area contributed by atoms with E-state index in [4.69, 9.17) is 4.74 Å². The van der Waals surface area contributed by atoms with Crippen molar-refractivity contribution in [3.63, 3.8) is 0 Å². The number of urea groups is 1. The largest absolute Gasteiger partial charge is 0.497 e. The van der Waals surface area contributed by atoms with Crippen LogP contribution in [0.1, 0.15) is 12.8 Å². The molecule has 0 bridgehead atoms. The molecule has 0 saturated carbocycles. The minimum absolute atomic E-state index is 0.113. The first kappa shape index (κ1) is 16.1. The first-order valence-electron chi connectivity index (χ1n) is 8.11. The average Bonchev–Trinajstić information content (AvgIpc) is 2.63. The van der Waals surface area contributed by atoms with E-state index in [0.29, 0.717) is 5.69 Å². The molecular weight excluding hydrogens is 304 g/mol. The first-order chi connectivity index (χ1) is 11.7. The van der Waals surface area contributed by atoms with E-state index in [1.54, 1.807) is 25.6 Å². The van der Waals surface area contributed by atoms with Crippen molar-refractivity contribution >= 4 is 17.4 Å². The van der Waals surface area contributed by atoms with Crippen molar-refractivity contribution in [2.24, 2.45) is 0 Å². The monoisotopic (exact) mass is 326 g/mol. The molecule has 1 aliphatic rings. The summed E-state index contributed by atoms with van der Waals surface area (Å²) in [6.07, 6.45) is 5.31. The highest BCUT2D eigenvalue weighted by Gasteiger charge is 2.22. The van der Waals surface area contributed by atoms with Gasteiger partial charge in [0.05, 0.1) is 19.0 Å². The van der Waals surface area contributed by atoms with Crippen molar-refractivity contribution in [1.29, 1.82) is 0 Å². The van der Waals surface area contributed by atoms with E-state index in [0.717, 1.165) is 37.4 Å². The SMILES string of the molecule is COc1cccc(N2CCCC(NC(=O)Nc3cccnc3)C2)c1. The summed E-state index contributed by atoms with van der Waals surface area (Å²) in [5, 5.41) is 5.86. The number of anilines is 2. The molecule has 0 spiro atoms. The van der Waals surface area contributed by atoms with Gasteiger partial charge in [-0.3, -0.25) is 4.98 Å². The molecule has 1 aromatic carbocycles. The van der Waals surface area contributed by atoms with Gasteiger partial charge < -0.3 is 20.3 Å². The Balaban J connectivity index is 1.58. The predicted octanol–water partition coefficient (Wildman–Crippen LogP) is 2.88. The Labute approximate surface area is 141 Å². The molecule has 2 heterocycles. The Morgan fingerprint density at radius 2 is 2.25 bits per heavy atom. The van der Waals surface area contributed by atoms with Crippen LogP contribution in [-0.2, 0) is 0 Å². The van der Waals surface area contributed by atoms with Crippen LogP contribution < -0.4 is 20.3 Å². The van der Waals surface area contributed by atoms with Gasteiger partial charge in [-0.15, -0.1) is 0 Å². The summed E-state index contributed by atoms with van der Waals surface area (Å²) >= 11 is 0. The highest BCUT2D eigenvalue weighted by molar-refractivity contribution is 5.89. The molecule has 1 unspecified atom stereocenters. The number of nitrogens with zero attached hydrogens (tertiary/aromatic N) is 2. The maximum Gasteiger partial charge on any atom is 0.319 e. The molecule has 0 aliphatic carbocycles. The Morgan fingerprint density at radius 3 is 3.04 bits per heavy atom. The molecule has 2 amide bonds. The van der Waals surface area contributed by atoms with Crippen molar-refractivity contribution in [3.05, 3.63) is 48.8 Å². The number of carbonyl (C=O) groups is 1. The second-order valence-electron chi connectivity index (χ2n) is 5.83. The van der Waals surface area contributed by atoms with Crippen LogP contribution in [0.25, 0.3) is 0 Å². The predicted molar refractivity (Wildman–Crippen MR) is 94.6 cm³/mol. The molecule has 6 heteroatoms. The Bertz CT molecular complexity index is 678. The van der Waals surface area contributed by atoms with E-state index in [1.165, 1.54) is 0 Å². The number of methoxy groups -OCH3 is 1. The van der Waals surface area contributed by atoms with Gasteiger partial charge in [-0.1, -0.05) is 6.07 Å². The maximum atomic E-state index is 12.1. The van der Waals surface area contributed by atoms with Crippen molar-refractivity contribution < 1.29 is 9.53 Å². The fraction of sp³-hybridized carbons (Fsp3) is 0.333. The summed E-state index contributed by atoms with van der Waals surface area (Å²) in [7, 11) is 1.67. The summed E-state index contributed by atoms with van der Waals surface area (Å²) in [6, 6.07) is 11.5. The molecule has 2 aromatic rings. The van der Waals surface area contributed by atoms with Gasteiger partial charge in [0.15, 0.2) is 0 Å². The highest BCUT2D eigenvalue weighted by atomic mass is 16.5. The summed E-state index contributed by atoms with van der Waals surface area (Å²) in [4.78, 5) is 18.4. The molecule has 2 N–H and O–H groups in total. The minimum atomic E-state index is -0.194. The number of pyridine rings is 1. The third kappa shape index (κ3) is 4.16. The number of carbonyl (C=O) groups excluding carboxylic acids is 1. The van der Waals surface area contributed by atoms with Crippen LogP contribution in [0.2, 0.25) is 0 Å². The fourth-order valence-electron chi connectivity index (χ4n) is 2.93. The standard InChI is InChI=1S/C18H22N4O2/c1-24-17-8-2-7-16(11-17)22-10-4-6-15(13-22)21-18(23)20-14-5-3-9-19-12-14/h2-3,5,7-9,11-12,15H,4,6,10,13H2,1H3,(H2,20,21,23). The van der Waals surface area contributed by atoms with E-state index < -0.39 is 0 Å². The van der Waals surface area contributed by atoms with Gasteiger partial charge in [0.25, 0.3) is 0 Å². The third-order valence-electron chi connectivity index (χ3n) is 4.09. The molecule has 1 atom stereocenters. The van der Waals surface area contributed by atoms with Gasteiger partial charge in [0.2, 0.25) is 0 Å². The lowest BCUT2D eigenvalue weighted by molar-refractivity contribution is 0.246. The number of rotatable bonds is 4. The third-order valence-corrected chi connectivity index (χ3v) is 4.09. The van der Waals surface area contributed by atoms with Crippen LogP contribution in [0.4, 0.5) is 16.2 Å². The topological polar surface area (TPSA) is 66.5 Å². The molecule has 1 aromatic heterocycles. The smallest absolute Gasteiger partial charge is 0.319 e. The lowest BCUT2D eigenvalue weighted by Gasteiger charge is -2.34. The molecule has 6 nitrogen and oxygen atoms in total. The number of nitrogens with one attached hydrogen (secondary N) is 2. The van der Waals surface area contributed by atoms with Gasteiger partial charge >= 0.3 is 6.03 Å². The number of aromatic nitrogens is 1. The van der Waals surface area contributed by atoms with Gasteiger partial charge in [-0.05, 0) is 37.1 Å². The molecule has 1 fully saturated rings. The number of ether oxygens (including phenoxy) is 1. The molecule has 0 radical (unpaired) electrons. The normalized spacial score (nSPS) is 17.2. The highest BCUT2D eigenvalue weighted by Crippen LogP contribution is 2.24. The fourth-order valence-corrected chi connectivity index (χ4v) is 2.93. The van der Waals surface area contributed by atoms with E-state index >= 15 is 0 Å². The van der Waals surface area contributed by atoms with E-state index in [1.807, 2.05) is 24.3 Å². The van der Waals surface area contributed by atoms with E-state index in [9.17, 15) is 4.79 Å². The summed E-state index contributed by atoms with van der Waals surface area (Å²) < 4.78 is 5.29. The lowest BCUT2D eigenvalue weighted by Crippen LogP contribution is -2.49. The van der Waals surface area contributed by atoms with E-state index in [2.05, 4.69) is 26.6 Å². The van der Waals surface area contributed by atoms with Gasteiger partial charge in [-0.25, -0.2) is 4.79 Å². The maximum absolute atomic E-state index is 12.1. The Morgan fingerprint density at radius 1 is 1.33 bits per heavy atom. The van der Waals surface area contributed by atoms with Crippen LogP contribution in [0, 0.1) is 0 Å². The first-order valence-corrected chi connectivity index (χ1v) is 8.11. The summed E-state index contributed by atoms with van der Waals surface area (Å²) in [5.41, 5.74) is 1.81. The number of benzene rings is 1. The van der Waals surface area contributed by atoms with Crippen LogP contribution in [0.3, 0.4) is 0 Å². The Kier molecular flexibility index (Phi) is 5.15. The zero-order valence-corrected chi connectivity index (χ0v) is 13.7. The van der Waals surface area contributed by atoms with Crippen molar-refractivity contribution in [2.75, 3.05) is 30.4 Å². The zero-order chi connectivity index (χ0) is 16.8. The zero-order valence-electron chi connectivity index (χ0n) is 13.7. The number of hydrogen-bond acceptors (Lipinski definition) is 4. The summed E-state index contributed by atoms with van der Waals surface area (Å²) in [5.74, 6) is 0.844. The van der Waals surface area contributed by atoms with Gasteiger partial charge in [0.1, 0.15) is 5.75 Å². The molecule has 3 rings (SSSR count). The minimum Gasteiger partial charge on any atom is -0.497 e. The number of piperidine rings is 1. The van der Waals surface area contributed by atoms with Crippen LogP contribution in [0.15, 0.2) is 48.8 Å². The Hall–Kier alpha value is -2.76. The van der Waals surface area contributed by atoms with Crippen LogP contribution in [0.5, 0.6) is 5.75 Å². The second kappa shape index (κ2) is 7.68. The summed E-state index contributed by atoms with van der Waals surface area (Å²) in [6.45, 7) is 1.77. The van der Waals surface area contributed by atoms with E-state index in [-0.39, 0.29) is 12.1 Å². The van der Waals surface area contributed by atoms with Crippen molar-refractivity contribution in [1.82, 2.24) is 10.3 Å². The van der Waals surface area contributed by atoms with Gasteiger partial charge in [-0.2, -0.15) is 0 Å². The van der Waals surface area contributed by atoms with Gasteiger partial charge in [0, 0.05) is 37.1 Å². The quantitative estimate of drug-likeness (QED) is 0.907. The molecule has 1 aliphatic heterocycles. The molecular formula is C18H22N4O2. The van der Waals surface area contributed by atoms with Crippen molar-refractivity contribution in [2.45, 2.75) is 18.9 Å². The molecule has 126 valence electrons. The molecule has 24 heavy (non-hydrogen) atoms. The second-order valence-corrected chi connectivity index (χ2v) is 5.83. The molecule has 1 saturated heterocycles. The number of hydrogen-bond donors (Lipinski definition) is 2. The van der Waals surface area contributed by atoms with Crippen molar-refractivity contribution in [3.8, 4) is 5.75 Å². The van der Waals surface area contributed by atoms with Crippen LogP contribution >= 0.6 is 0 Å². The lowest BCUT2D eigenvalue weighted by atomic mass is 10.0. The number of amides is 2. The average molecular weight is 326 g/mol.